The van der Waals surface area contributed by atoms with Crippen LogP contribution in [-0.4, -0.2) is 61.1 Å². The average molecular weight is 277 g/mol. The minimum Gasteiger partial charge on any atom is -0.484 e. The molecular formula is C15H23N3O2. The van der Waals surface area contributed by atoms with Gasteiger partial charge in [-0.2, -0.15) is 0 Å². The number of carbonyl (C=O) groups is 1. The molecule has 5 heteroatoms. The summed E-state index contributed by atoms with van der Waals surface area (Å²) in [6.07, 6.45) is 0. The maximum absolute atomic E-state index is 12.1. The summed E-state index contributed by atoms with van der Waals surface area (Å²) in [6.45, 7) is 6.16. The maximum atomic E-state index is 12.1. The summed E-state index contributed by atoms with van der Waals surface area (Å²) in [5.41, 5.74) is 5.67. The van der Waals surface area contributed by atoms with Crippen LogP contribution in [0.3, 0.4) is 0 Å². The van der Waals surface area contributed by atoms with Gasteiger partial charge in [-0.05, 0) is 19.1 Å². The van der Waals surface area contributed by atoms with Crippen LogP contribution in [0.5, 0.6) is 5.75 Å². The molecule has 1 unspecified atom stereocenters. The third-order valence-corrected chi connectivity index (χ3v) is 3.74. The van der Waals surface area contributed by atoms with E-state index < -0.39 is 0 Å². The van der Waals surface area contributed by atoms with Crippen molar-refractivity contribution in [3.63, 3.8) is 0 Å². The number of rotatable bonds is 5. The summed E-state index contributed by atoms with van der Waals surface area (Å²) in [5, 5.41) is 0. The van der Waals surface area contributed by atoms with E-state index in [0.29, 0.717) is 12.6 Å². The molecule has 1 aliphatic heterocycles. The van der Waals surface area contributed by atoms with Crippen molar-refractivity contribution in [2.45, 2.75) is 13.0 Å². The van der Waals surface area contributed by atoms with Gasteiger partial charge in [0.2, 0.25) is 0 Å². The van der Waals surface area contributed by atoms with Gasteiger partial charge in [0.1, 0.15) is 5.75 Å². The Morgan fingerprint density at radius 3 is 2.50 bits per heavy atom. The van der Waals surface area contributed by atoms with Crippen molar-refractivity contribution in [3.8, 4) is 5.75 Å². The third kappa shape index (κ3) is 3.95. The first-order valence-corrected chi connectivity index (χ1v) is 7.10. The molecule has 0 radical (unpaired) electrons. The summed E-state index contributed by atoms with van der Waals surface area (Å²) in [5.74, 6) is 0.783. The minimum atomic E-state index is 0.0499. The molecule has 5 nitrogen and oxygen atoms in total. The predicted octanol–water partition coefficient (Wildman–Crippen LogP) is 0.557. The topological polar surface area (TPSA) is 58.8 Å². The molecule has 2 rings (SSSR count). The molecule has 1 aromatic carbocycles. The highest BCUT2D eigenvalue weighted by Gasteiger charge is 2.23. The quantitative estimate of drug-likeness (QED) is 0.854. The fourth-order valence-electron chi connectivity index (χ4n) is 2.31. The second-order valence-electron chi connectivity index (χ2n) is 5.10. The summed E-state index contributed by atoms with van der Waals surface area (Å²) in [7, 11) is 0. The van der Waals surface area contributed by atoms with Gasteiger partial charge in [-0.3, -0.25) is 9.69 Å². The zero-order chi connectivity index (χ0) is 14.4. The van der Waals surface area contributed by atoms with Crippen LogP contribution in [0, 0.1) is 0 Å². The van der Waals surface area contributed by atoms with Gasteiger partial charge in [0, 0.05) is 38.8 Å². The number of nitrogens with two attached hydrogens (primary N) is 1. The van der Waals surface area contributed by atoms with Crippen molar-refractivity contribution in [2.24, 2.45) is 5.73 Å². The number of hydrogen-bond donors (Lipinski definition) is 1. The normalized spacial score (nSPS) is 17.8. The fraction of sp³-hybridized carbons (Fsp3) is 0.533. The van der Waals surface area contributed by atoms with Crippen molar-refractivity contribution >= 4 is 5.91 Å². The molecule has 1 saturated heterocycles. The zero-order valence-corrected chi connectivity index (χ0v) is 12.0. The summed E-state index contributed by atoms with van der Waals surface area (Å²) in [4.78, 5) is 16.3. The molecule has 0 aromatic heterocycles. The number of carbonyl (C=O) groups excluding carboxylic acids is 1. The Balaban J connectivity index is 1.75. The van der Waals surface area contributed by atoms with Gasteiger partial charge in [0.15, 0.2) is 6.61 Å². The van der Waals surface area contributed by atoms with E-state index in [1.807, 2.05) is 35.2 Å². The molecule has 0 saturated carbocycles. The SMILES string of the molecule is CC(CN)N1CCN(C(=O)COc2ccccc2)CC1. The summed E-state index contributed by atoms with van der Waals surface area (Å²) in [6, 6.07) is 9.81. The van der Waals surface area contributed by atoms with Gasteiger partial charge in [-0.25, -0.2) is 0 Å². The Kier molecular flexibility index (Phi) is 5.38. The second-order valence-corrected chi connectivity index (χ2v) is 5.10. The Morgan fingerprint density at radius 2 is 1.90 bits per heavy atom. The first-order valence-electron chi connectivity index (χ1n) is 7.10. The van der Waals surface area contributed by atoms with Crippen LogP contribution >= 0.6 is 0 Å². The molecule has 1 heterocycles. The highest BCUT2D eigenvalue weighted by molar-refractivity contribution is 5.77. The zero-order valence-electron chi connectivity index (χ0n) is 12.0. The van der Waals surface area contributed by atoms with Gasteiger partial charge < -0.3 is 15.4 Å². The lowest BCUT2D eigenvalue weighted by Gasteiger charge is -2.37. The van der Waals surface area contributed by atoms with Gasteiger partial charge in [0.05, 0.1) is 0 Å². The van der Waals surface area contributed by atoms with Crippen LogP contribution in [0.1, 0.15) is 6.92 Å². The molecule has 110 valence electrons. The number of amides is 1. The van der Waals surface area contributed by atoms with E-state index in [1.165, 1.54) is 0 Å². The van der Waals surface area contributed by atoms with Crippen LogP contribution < -0.4 is 10.5 Å². The molecule has 0 bridgehead atoms. The molecule has 1 aliphatic rings. The largest absolute Gasteiger partial charge is 0.484 e. The number of ether oxygens (including phenoxy) is 1. The van der Waals surface area contributed by atoms with Gasteiger partial charge >= 0.3 is 0 Å². The van der Waals surface area contributed by atoms with Crippen LogP contribution in [0.25, 0.3) is 0 Å². The Bertz CT molecular complexity index is 416. The van der Waals surface area contributed by atoms with Gasteiger partial charge in [-0.1, -0.05) is 18.2 Å². The van der Waals surface area contributed by atoms with Crippen molar-refractivity contribution in [2.75, 3.05) is 39.3 Å². The van der Waals surface area contributed by atoms with Crippen LogP contribution in [0.15, 0.2) is 30.3 Å². The van der Waals surface area contributed by atoms with Crippen molar-refractivity contribution < 1.29 is 9.53 Å². The second kappa shape index (κ2) is 7.26. The van der Waals surface area contributed by atoms with Crippen molar-refractivity contribution in [3.05, 3.63) is 30.3 Å². The average Bonchev–Trinajstić information content (AvgIpc) is 2.53. The smallest absolute Gasteiger partial charge is 0.260 e. The molecule has 0 spiro atoms. The van der Waals surface area contributed by atoms with E-state index in [2.05, 4.69) is 11.8 Å². The van der Waals surface area contributed by atoms with E-state index in [0.717, 1.165) is 31.9 Å². The van der Waals surface area contributed by atoms with Crippen molar-refractivity contribution in [1.29, 1.82) is 0 Å². The van der Waals surface area contributed by atoms with E-state index in [9.17, 15) is 4.79 Å². The summed E-state index contributed by atoms with van der Waals surface area (Å²) < 4.78 is 5.49. The molecule has 1 aromatic rings. The van der Waals surface area contributed by atoms with Crippen LogP contribution in [0.2, 0.25) is 0 Å². The van der Waals surface area contributed by atoms with E-state index in [-0.39, 0.29) is 12.5 Å². The van der Waals surface area contributed by atoms with E-state index in [4.69, 9.17) is 10.5 Å². The third-order valence-electron chi connectivity index (χ3n) is 3.74. The number of hydrogen-bond acceptors (Lipinski definition) is 4. The Hall–Kier alpha value is -1.59. The minimum absolute atomic E-state index is 0.0499. The molecule has 0 aliphatic carbocycles. The molecule has 2 N–H and O–H groups in total. The Morgan fingerprint density at radius 1 is 1.25 bits per heavy atom. The lowest BCUT2D eigenvalue weighted by molar-refractivity contribution is -0.135. The van der Waals surface area contributed by atoms with Gasteiger partial charge in [-0.15, -0.1) is 0 Å². The lowest BCUT2D eigenvalue weighted by atomic mass is 10.2. The molecule has 1 amide bonds. The molecule has 1 atom stereocenters. The molecule has 1 fully saturated rings. The number of piperazine rings is 1. The van der Waals surface area contributed by atoms with Crippen LogP contribution in [-0.2, 0) is 4.79 Å². The van der Waals surface area contributed by atoms with E-state index in [1.54, 1.807) is 0 Å². The molecular weight excluding hydrogens is 254 g/mol. The maximum Gasteiger partial charge on any atom is 0.260 e. The first kappa shape index (κ1) is 14.8. The number of para-hydroxylation sites is 1. The molecule has 20 heavy (non-hydrogen) atoms. The highest BCUT2D eigenvalue weighted by atomic mass is 16.5. The monoisotopic (exact) mass is 277 g/mol. The predicted molar refractivity (Wildman–Crippen MR) is 78.6 cm³/mol. The lowest BCUT2D eigenvalue weighted by Crippen LogP contribution is -2.53. The standard InChI is InChI=1S/C15H23N3O2/c1-13(11-16)17-7-9-18(10-8-17)15(19)12-20-14-5-3-2-4-6-14/h2-6,13H,7-12,16H2,1H3. The number of nitrogens with zero attached hydrogens (tertiary/aromatic N) is 2. The van der Waals surface area contributed by atoms with Crippen molar-refractivity contribution in [1.82, 2.24) is 9.80 Å². The number of benzene rings is 1. The van der Waals surface area contributed by atoms with E-state index >= 15 is 0 Å². The fourth-order valence-corrected chi connectivity index (χ4v) is 2.31. The van der Waals surface area contributed by atoms with Gasteiger partial charge in [0.25, 0.3) is 5.91 Å². The van der Waals surface area contributed by atoms with Crippen LogP contribution in [0.4, 0.5) is 0 Å². The summed E-state index contributed by atoms with van der Waals surface area (Å²) >= 11 is 0. The first-order chi connectivity index (χ1) is 9.70. The Labute approximate surface area is 120 Å². The highest BCUT2D eigenvalue weighted by Crippen LogP contribution is 2.10.